The number of rotatable bonds is 4. The van der Waals surface area contributed by atoms with Gasteiger partial charge in [0, 0.05) is 11.1 Å². The second-order valence-electron chi connectivity index (χ2n) is 7.11. The monoisotopic (exact) mass is 349 g/mol. The molecular weight excluding hydrogens is 326 g/mol. The molecule has 4 nitrogen and oxygen atoms in total. The lowest BCUT2D eigenvalue weighted by molar-refractivity contribution is 0.0520. The molecule has 0 bridgehead atoms. The Kier molecular flexibility index (Phi) is 4.94. The zero-order valence-corrected chi connectivity index (χ0v) is 15.6. The molecule has 0 amide bonds. The number of carbonyl (C=O) groups excluding carboxylic acids is 1. The molecule has 0 saturated heterocycles. The second kappa shape index (κ2) is 7.16. The topological polar surface area (TPSA) is 52.3 Å². The van der Waals surface area contributed by atoms with Crippen LogP contribution in [0.1, 0.15) is 43.7 Å². The smallest absolute Gasteiger partial charge is 0.361 e. The van der Waals surface area contributed by atoms with Crippen LogP contribution in [0.4, 0.5) is 0 Å². The van der Waals surface area contributed by atoms with E-state index in [0.717, 1.165) is 11.1 Å². The fourth-order valence-corrected chi connectivity index (χ4v) is 2.68. The van der Waals surface area contributed by atoms with Crippen molar-refractivity contribution in [1.29, 1.82) is 0 Å². The van der Waals surface area contributed by atoms with Gasteiger partial charge in [0.05, 0.1) is 6.61 Å². The van der Waals surface area contributed by atoms with E-state index < -0.39 is 5.97 Å². The summed E-state index contributed by atoms with van der Waals surface area (Å²) in [5.41, 5.74) is 3.11. The number of aromatic nitrogens is 1. The van der Waals surface area contributed by atoms with Gasteiger partial charge in [0.1, 0.15) is 0 Å². The Bertz CT molecular complexity index is 887. The van der Waals surface area contributed by atoms with Crippen molar-refractivity contribution >= 4 is 5.97 Å². The summed E-state index contributed by atoms with van der Waals surface area (Å²) in [4.78, 5) is 16.8. The van der Waals surface area contributed by atoms with Crippen LogP contribution in [0.25, 0.3) is 22.8 Å². The number of carbonyl (C=O) groups is 1. The number of hydrogen-bond acceptors (Lipinski definition) is 4. The van der Waals surface area contributed by atoms with E-state index in [1.807, 2.05) is 42.5 Å². The Morgan fingerprint density at radius 1 is 1.00 bits per heavy atom. The zero-order chi connectivity index (χ0) is 18.7. The molecule has 0 aliphatic rings. The van der Waals surface area contributed by atoms with Crippen LogP contribution in [0, 0.1) is 0 Å². The molecule has 0 unspecified atom stereocenters. The number of esters is 1. The van der Waals surface area contributed by atoms with E-state index in [-0.39, 0.29) is 17.7 Å². The summed E-state index contributed by atoms with van der Waals surface area (Å²) < 4.78 is 11.1. The summed E-state index contributed by atoms with van der Waals surface area (Å²) in [6.07, 6.45) is 0. The van der Waals surface area contributed by atoms with Gasteiger partial charge in [0.25, 0.3) is 0 Å². The predicted molar refractivity (Wildman–Crippen MR) is 102 cm³/mol. The number of benzene rings is 2. The SMILES string of the molecule is CCOC(=O)c1nc(-c2ccc(C(C)(C)C)cc2)oc1-c1ccccc1. The summed E-state index contributed by atoms with van der Waals surface area (Å²) >= 11 is 0. The molecule has 0 radical (unpaired) electrons. The normalized spacial score (nSPS) is 11.4. The quantitative estimate of drug-likeness (QED) is 0.585. The fourth-order valence-electron chi connectivity index (χ4n) is 2.68. The van der Waals surface area contributed by atoms with Crippen LogP contribution >= 0.6 is 0 Å². The van der Waals surface area contributed by atoms with Gasteiger partial charge in [-0.3, -0.25) is 0 Å². The molecule has 0 fully saturated rings. The van der Waals surface area contributed by atoms with Crippen molar-refractivity contribution in [3.05, 3.63) is 65.9 Å². The lowest BCUT2D eigenvalue weighted by Gasteiger charge is -2.18. The molecule has 2 aromatic carbocycles. The van der Waals surface area contributed by atoms with Gasteiger partial charge in [-0.1, -0.05) is 63.2 Å². The van der Waals surface area contributed by atoms with E-state index in [2.05, 4.69) is 37.9 Å². The third-order valence-electron chi connectivity index (χ3n) is 4.13. The Balaban J connectivity index is 2.05. The Hall–Kier alpha value is -2.88. The van der Waals surface area contributed by atoms with Gasteiger partial charge in [-0.25, -0.2) is 9.78 Å². The maximum atomic E-state index is 12.3. The maximum Gasteiger partial charge on any atom is 0.361 e. The van der Waals surface area contributed by atoms with E-state index in [1.165, 1.54) is 5.56 Å². The fraction of sp³-hybridized carbons (Fsp3) is 0.273. The molecule has 1 aromatic heterocycles. The highest BCUT2D eigenvalue weighted by Crippen LogP contribution is 2.31. The first-order valence-electron chi connectivity index (χ1n) is 8.74. The number of ether oxygens (including phenoxy) is 1. The summed E-state index contributed by atoms with van der Waals surface area (Å²) in [7, 11) is 0. The van der Waals surface area contributed by atoms with Gasteiger partial charge in [-0.05, 0) is 30.0 Å². The van der Waals surface area contributed by atoms with Crippen LogP contribution in [0.3, 0.4) is 0 Å². The average molecular weight is 349 g/mol. The van der Waals surface area contributed by atoms with Gasteiger partial charge in [0.15, 0.2) is 11.5 Å². The van der Waals surface area contributed by atoms with Crippen molar-refractivity contribution in [3.8, 4) is 22.8 Å². The summed E-state index contributed by atoms with van der Waals surface area (Å²) in [6.45, 7) is 8.56. The Morgan fingerprint density at radius 2 is 1.65 bits per heavy atom. The molecule has 0 saturated carbocycles. The minimum atomic E-state index is -0.479. The first-order chi connectivity index (χ1) is 12.4. The van der Waals surface area contributed by atoms with Crippen molar-refractivity contribution in [2.24, 2.45) is 0 Å². The van der Waals surface area contributed by atoms with Crippen molar-refractivity contribution in [1.82, 2.24) is 4.98 Å². The third-order valence-corrected chi connectivity index (χ3v) is 4.13. The van der Waals surface area contributed by atoms with Crippen LogP contribution in [-0.4, -0.2) is 17.6 Å². The zero-order valence-electron chi connectivity index (χ0n) is 15.6. The van der Waals surface area contributed by atoms with Gasteiger partial charge in [0.2, 0.25) is 5.89 Å². The highest BCUT2D eigenvalue weighted by molar-refractivity contribution is 5.94. The largest absolute Gasteiger partial charge is 0.461 e. The molecule has 1 heterocycles. The van der Waals surface area contributed by atoms with Crippen molar-refractivity contribution in [2.45, 2.75) is 33.1 Å². The molecule has 3 aromatic rings. The number of hydrogen-bond donors (Lipinski definition) is 0. The van der Waals surface area contributed by atoms with Crippen LogP contribution in [0.2, 0.25) is 0 Å². The standard InChI is InChI=1S/C22H23NO3/c1-5-25-21(24)18-19(15-9-7-6-8-10-15)26-20(23-18)16-11-13-17(14-12-16)22(2,3)4/h6-14H,5H2,1-4H3. The van der Waals surface area contributed by atoms with Crippen molar-refractivity contribution in [3.63, 3.8) is 0 Å². The summed E-state index contributed by atoms with van der Waals surface area (Å²) in [5, 5.41) is 0. The molecule has 0 N–H and O–H groups in total. The van der Waals surface area contributed by atoms with Crippen LogP contribution in [-0.2, 0) is 10.2 Å². The molecule has 134 valence electrons. The van der Waals surface area contributed by atoms with Crippen LogP contribution in [0.15, 0.2) is 59.0 Å². The van der Waals surface area contributed by atoms with E-state index in [4.69, 9.17) is 9.15 Å². The van der Waals surface area contributed by atoms with E-state index in [0.29, 0.717) is 11.7 Å². The second-order valence-corrected chi connectivity index (χ2v) is 7.11. The highest BCUT2D eigenvalue weighted by Gasteiger charge is 2.23. The maximum absolute atomic E-state index is 12.3. The van der Waals surface area contributed by atoms with Gasteiger partial charge >= 0.3 is 5.97 Å². The molecular formula is C22H23NO3. The van der Waals surface area contributed by atoms with Crippen molar-refractivity contribution in [2.75, 3.05) is 6.61 Å². The van der Waals surface area contributed by atoms with Gasteiger partial charge < -0.3 is 9.15 Å². The van der Waals surface area contributed by atoms with Crippen LogP contribution in [0.5, 0.6) is 0 Å². The first kappa shape index (κ1) is 17.9. The molecule has 4 heteroatoms. The lowest BCUT2D eigenvalue weighted by atomic mass is 9.87. The van der Waals surface area contributed by atoms with Gasteiger partial charge in [-0.2, -0.15) is 0 Å². The third kappa shape index (κ3) is 3.69. The summed E-state index contributed by atoms with van der Waals surface area (Å²) in [5.74, 6) is 0.360. The Morgan fingerprint density at radius 3 is 2.23 bits per heavy atom. The minimum absolute atomic E-state index is 0.0699. The first-order valence-corrected chi connectivity index (χ1v) is 8.74. The molecule has 0 aliphatic carbocycles. The van der Waals surface area contributed by atoms with E-state index in [1.54, 1.807) is 6.92 Å². The summed E-state index contributed by atoms with van der Waals surface area (Å²) in [6, 6.07) is 17.5. The van der Waals surface area contributed by atoms with E-state index in [9.17, 15) is 4.79 Å². The predicted octanol–water partition coefficient (Wildman–Crippen LogP) is 5.48. The number of oxazole rings is 1. The average Bonchev–Trinajstić information content (AvgIpc) is 3.07. The molecule has 26 heavy (non-hydrogen) atoms. The minimum Gasteiger partial charge on any atom is -0.461 e. The molecule has 0 spiro atoms. The van der Waals surface area contributed by atoms with Crippen molar-refractivity contribution < 1.29 is 13.9 Å². The highest BCUT2D eigenvalue weighted by atomic mass is 16.5. The molecule has 0 atom stereocenters. The lowest BCUT2D eigenvalue weighted by Crippen LogP contribution is -2.10. The molecule has 0 aliphatic heterocycles. The van der Waals surface area contributed by atoms with Crippen LogP contribution < -0.4 is 0 Å². The Labute approximate surface area is 153 Å². The number of nitrogens with zero attached hydrogens (tertiary/aromatic N) is 1. The molecule has 3 rings (SSSR count). The van der Waals surface area contributed by atoms with Gasteiger partial charge in [-0.15, -0.1) is 0 Å². The van der Waals surface area contributed by atoms with E-state index >= 15 is 0 Å².